The molecule has 1 aliphatic rings. The molecule has 1 aliphatic heterocycles. The van der Waals surface area contributed by atoms with Gasteiger partial charge in [0.1, 0.15) is 5.52 Å². The zero-order valence-electron chi connectivity index (χ0n) is 12.0. The SMILES string of the molecule is Cc1cc2nonc2c(N2Cc3ccccc3C2)c1C(N)=O. The van der Waals surface area contributed by atoms with Gasteiger partial charge in [0.15, 0.2) is 5.52 Å². The third-order valence-electron chi connectivity index (χ3n) is 4.13. The van der Waals surface area contributed by atoms with E-state index in [1.807, 2.05) is 19.1 Å². The molecule has 0 spiro atoms. The van der Waals surface area contributed by atoms with E-state index in [-0.39, 0.29) is 0 Å². The standard InChI is InChI=1S/C16H14N4O2/c1-9-6-12-14(19-22-18-12)15(13(9)16(17)21)20-7-10-4-2-3-5-11(10)8-20/h2-6H,7-8H2,1H3,(H2,17,21). The number of fused-ring (bicyclic) bond motifs is 2. The number of rotatable bonds is 2. The molecule has 4 rings (SSSR count). The van der Waals surface area contributed by atoms with Crippen molar-refractivity contribution in [2.75, 3.05) is 4.90 Å². The second kappa shape index (κ2) is 4.56. The first kappa shape index (κ1) is 12.8. The molecule has 0 saturated carbocycles. The molecule has 22 heavy (non-hydrogen) atoms. The van der Waals surface area contributed by atoms with Crippen LogP contribution < -0.4 is 10.6 Å². The fourth-order valence-corrected chi connectivity index (χ4v) is 3.15. The molecule has 2 aromatic carbocycles. The van der Waals surface area contributed by atoms with Gasteiger partial charge in [0.25, 0.3) is 5.91 Å². The van der Waals surface area contributed by atoms with Gasteiger partial charge < -0.3 is 10.6 Å². The Labute approximate surface area is 126 Å². The van der Waals surface area contributed by atoms with Crippen molar-refractivity contribution in [2.45, 2.75) is 20.0 Å². The smallest absolute Gasteiger partial charge is 0.251 e. The van der Waals surface area contributed by atoms with E-state index in [4.69, 9.17) is 10.4 Å². The molecule has 0 fully saturated rings. The third-order valence-corrected chi connectivity index (χ3v) is 4.13. The maximum absolute atomic E-state index is 12.0. The number of aromatic nitrogens is 2. The summed E-state index contributed by atoms with van der Waals surface area (Å²) in [6.07, 6.45) is 0. The fourth-order valence-electron chi connectivity index (χ4n) is 3.15. The summed E-state index contributed by atoms with van der Waals surface area (Å²) in [5.74, 6) is -0.464. The van der Waals surface area contributed by atoms with E-state index in [9.17, 15) is 4.79 Å². The molecule has 0 aliphatic carbocycles. The van der Waals surface area contributed by atoms with E-state index < -0.39 is 5.91 Å². The zero-order chi connectivity index (χ0) is 15.3. The quantitative estimate of drug-likeness (QED) is 0.782. The second-order valence-electron chi connectivity index (χ2n) is 5.54. The summed E-state index contributed by atoms with van der Waals surface area (Å²) in [5.41, 5.74) is 11.3. The van der Waals surface area contributed by atoms with Gasteiger partial charge in [0.05, 0.1) is 11.3 Å². The Morgan fingerprint density at radius 1 is 1.23 bits per heavy atom. The van der Waals surface area contributed by atoms with Crippen LogP contribution in [0.5, 0.6) is 0 Å². The van der Waals surface area contributed by atoms with Crippen molar-refractivity contribution in [2.24, 2.45) is 5.73 Å². The Hall–Kier alpha value is -2.89. The first-order valence-electron chi connectivity index (χ1n) is 7.02. The van der Waals surface area contributed by atoms with Crippen molar-refractivity contribution in [3.8, 4) is 0 Å². The van der Waals surface area contributed by atoms with Gasteiger partial charge >= 0.3 is 0 Å². The van der Waals surface area contributed by atoms with Crippen LogP contribution in [0.15, 0.2) is 35.0 Å². The van der Waals surface area contributed by atoms with Gasteiger partial charge in [-0.3, -0.25) is 4.79 Å². The third kappa shape index (κ3) is 1.77. The highest BCUT2D eigenvalue weighted by Crippen LogP contribution is 2.36. The Kier molecular flexibility index (Phi) is 2.66. The van der Waals surface area contributed by atoms with Crippen LogP contribution in [-0.2, 0) is 13.1 Å². The van der Waals surface area contributed by atoms with Crippen molar-refractivity contribution in [3.63, 3.8) is 0 Å². The average molecular weight is 294 g/mol. The minimum absolute atomic E-state index is 0.464. The molecular weight excluding hydrogens is 280 g/mol. The molecule has 0 radical (unpaired) electrons. The fraction of sp³-hybridized carbons (Fsp3) is 0.188. The van der Waals surface area contributed by atoms with Crippen LogP contribution in [0.3, 0.4) is 0 Å². The van der Waals surface area contributed by atoms with Crippen LogP contribution in [0.1, 0.15) is 27.0 Å². The monoisotopic (exact) mass is 294 g/mol. The Morgan fingerprint density at radius 2 is 1.91 bits per heavy atom. The van der Waals surface area contributed by atoms with E-state index in [0.717, 1.165) is 5.56 Å². The van der Waals surface area contributed by atoms with Crippen molar-refractivity contribution < 1.29 is 9.42 Å². The number of aryl methyl sites for hydroxylation is 1. The maximum Gasteiger partial charge on any atom is 0.251 e. The van der Waals surface area contributed by atoms with E-state index in [0.29, 0.717) is 35.4 Å². The number of nitrogens with zero attached hydrogens (tertiary/aromatic N) is 3. The van der Waals surface area contributed by atoms with Crippen molar-refractivity contribution in [3.05, 3.63) is 52.6 Å². The summed E-state index contributed by atoms with van der Waals surface area (Å²) in [6, 6.07) is 9.99. The van der Waals surface area contributed by atoms with Crippen LogP contribution in [0.2, 0.25) is 0 Å². The van der Waals surface area contributed by atoms with Crippen molar-refractivity contribution in [1.29, 1.82) is 0 Å². The van der Waals surface area contributed by atoms with E-state index in [1.165, 1.54) is 11.1 Å². The summed E-state index contributed by atoms with van der Waals surface area (Å²) >= 11 is 0. The lowest BCUT2D eigenvalue weighted by Gasteiger charge is -2.21. The first-order chi connectivity index (χ1) is 10.6. The number of hydrogen-bond acceptors (Lipinski definition) is 5. The molecule has 110 valence electrons. The molecule has 0 saturated heterocycles. The number of primary amides is 1. The van der Waals surface area contributed by atoms with Gasteiger partial charge in [0, 0.05) is 13.1 Å². The average Bonchev–Trinajstić information content (AvgIpc) is 3.10. The molecule has 0 unspecified atom stereocenters. The summed E-state index contributed by atoms with van der Waals surface area (Å²) in [7, 11) is 0. The van der Waals surface area contributed by atoms with Crippen LogP contribution in [-0.4, -0.2) is 16.2 Å². The number of amides is 1. The van der Waals surface area contributed by atoms with Gasteiger partial charge in [-0.1, -0.05) is 24.3 Å². The Morgan fingerprint density at radius 3 is 2.55 bits per heavy atom. The lowest BCUT2D eigenvalue weighted by atomic mass is 10.0. The summed E-state index contributed by atoms with van der Waals surface area (Å²) < 4.78 is 4.85. The lowest BCUT2D eigenvalue weighted by molar-refractivity contribution is 0.1000. The number of carbonyl (C=O) groups excluding carboxylic acids is 1. The minimum Gasteiger partial charge on any atom is -0.366 e. The van der Waals surface area contributed by atoms with Gasteiger partial charge in [-0.05, 0) is 40.0 Å². The lowest BCUT2D eigenvalue weighted by Crippen LogP contribution is -2.22. The Balaban J connectivity index is 1.93. The highest BCUT2D eigenvalue weighted by Gasteiger charge is 2.27. The summed E-state index contributed by atoms with van der Waals surface area (Å²) in [4.78, 5) is 14.1. The molecular formula is C16H14N4O2. The number of nitrogens with two attached hydrogens (primary N) is 1. The topological polar surface area (TPSA) is 85.2 Å². The molecule has 6 heteroatoms. The van der Waals surface area contributed by atoms with Crippen LogP contribution in [0.4, 0.5) is 5.69 Å². The molecule has 2 heterocycles. The second-order valence-corrected chi connectivity index (χ2v) is 5.54. The van der Waals surface area contributed by atoms with Gasteiger partial charge in [-0.15, -0.1) is 0 Å². The van der Waals surface area contributed by atoms with Gasteiger partial charge in [0.2, 0.25) is 0 Å². The first-order valence-corrected chi connectivity index (χ1v) is 7.02. The van der Waals surface area contributed by atoms with Gasteiger partial charge in [-0.25, -0.2) is 4.63 Å². The number of benzene rings is 2. The predicted molar refractivity (Wildman–Crippen MR) is 81.4 cm³/mol. The molecule has 6 nitrogen and oxygen atoms in total. The Bertz CT molecular complexity index is 875. The molecule has 1 aromatic heterocycles. The van der Waals surface area contributed by atoms with Gasteiger partial charge in [-0.2, -0.15) is 0 Å². The highest BCUT2D eigenvalue weighted by atomic mass is 16.6. The molecule has 0 atom stereocenters. The van der Waals surface area contributed by atoms with Crippen LogP contribution in [0, 0.1) is 6.92 Å². The maximum atomic E-state index is 12.0. The van der Waals surface area contributed by atoms with E-state index in [2.05, 4.69) is 27.3 Å². The minimum atomic E-state index is -0.464. The number of anilines is 1. The van der Waals surface area contributed by atoms with Crippen molar-refractivity contribution >= 4 is 22.6 Å². The molecule has 2 N–H and O–H groups in total. The zero-order valence-corrected chi connectivity index (χ0v) is 12.0. The summed E-state index contributed by atoms with van der Waals surface area (Å²) in [5, 5.41) is 7.87. The largest absolute Gasteiger partial charge is 0.366 e. The van der Waals surface area contributed by atoms with Crippen LogP contribution in [0.25, 0.3) is 11.0 Å². The molecule has 1 amide bonds. The van der Waals surface area contributed by atoms with E-state index in [1.54, 1.807) is 6.07 Å². The highest BCUT2D eigenvalue weighted by molar-refractivity contribution is 6.07. The van der Waals surface area contributed by atoms with Crippen LogP contribution >= 0.6 is 0 Å². The molecule has 3 aromatic rings. The number of hydrogen-bond donors (Lipinski definition) is 1. The van der Waals surface area contributed by atoms with E-state index >= 15 is 0 Å². The number of carbonyl (C=O) groups is 1. The normalized spacial score (nSPS) is 13.6. The molecule has 0 bridgehead atoms. The van der Waals surface area contributed by atoms with Crippen molar-refractivity contribution in [1.82, 2.24) is 10.3 Å². The summed E-state index contributed by atoms with van der Waals surface area (Å²) in [6.45, 7) is 3.27. The predicted octanol–water partition coefficient (Wildman–Crippen LogP) is 2.15.